The lowest BCUT2D eigenvalue weighted by Gasteiger charge is -2.16. The van der Waals surface area contributed by atoms with Crippen LogP contribution in [0, 0.1) is 0 Å². The van der Waals surface area contributed by atoms with Gasteiger partial charge in [-0.25, -0.2) is 0 Å². The first kappa shape index (κ1) is 14.4. The molecule has 0 aromatic carbocycles. The number of hydrogen-bond acceptors (Lipinski definition) is 6. The van der Waals surface area contributed by atoms with Crippen LogP contribution in [0.25, 0.3) is 0 Å². The average Bonchev–Trinajstić information content (AvgIpc) is 2.12. The fraction of sp³-hybridized carbons (Fsp3) is 0.700. The molecule has 16 heavy (non-hydrogen) atoms. The third-order valence-electron chi connectivity index (χ3n) is 1.55. The molecule has 0 saturated carbocycles. The number of carbonyl (C=O) groups is 3. The summed E-state index contributed by atoms with van der Waals surface area (Å²) in [6, 6.07) is 0. The third kappa shape index (κ3) is 8.98. The Kier molecular flexibility index (Phi) is 6.91. The molecule has 0 aromatic heterocycles. The van der Waals surface area contributed by atoms with Crippen molar-refractivity contribution in [2.75, 3.05) is 13.2 Å². The Morgan fingerprint density at radius 1 is 0.938 bits per heavy atom. The molecule has 0 N–H and O–H groups in total. The molecular weight excluding hydrogens is 216 g/mol. The van der Waals surface area contributed by atoms with E-state index in [9.17, 15) is 14.4 Å². The van der Waals surface area contributed by atoms with Crippen molar-refractivity contribution in [3.63, 3.8) is 0 Å². The topological polar surface area (TPSA) is 78.9 Å². The van der Waals surface area contributed by atoms with Gasteiger partial charge in [-0.05, 0) is 0 Å². The highest BCUT2D eigenvalue weighted by atomic mass is 16.6. The number of rotatable bonds is 6. The SMILES string of the molecule is CC(=O)OCC[C@H](COC(C)=O)OC(C)=O. The summed E-state index contributed by atoms with van der Waals surface area (Å²) in [6.07, 6.45) is -0.285. The maximum Gasteiger partial charge on any atom is 0.303 e. The van der Waals surface area contributed by atoms with E-state index in [1.165, 1.54) is 20.8 Å². The minimum atomic E-state index is -0.583. The first-order valence-electron chi connectivity index (χ1n) is 4.85. The van der Waals surface area contributed by atoms with E-state index in [2.05, 4.69) is 0 Å². The van der Waals surface area contributed by atoms with Crippen LogP contribution >= 0.6 is 0 Å². The molecule has 0 aliphatic carbocycles. The first-order valence-corrected chi connectivity index (χ1v) is 4.85. The van der Waals surface area contributed by atoms with Crippen molar-refractivity contribution in [3.05, 3.63) is 0 Å². The summed E-state index contributed by atoms with van der Waals surface area (Å²) in [7, 11) is 0. The summed E-state index contributed by atoms with van der Waals surface area (Å²) in [4.78, 5) is 31.8. The van der Waals surface area contributed by atoms with E-state index in [4.69, 9.17) is 14.2 Å². The summed E-state index contributed by atoms with van der Waals surface area (Å²) < 4.78 is 14.3. The summed E-state index contributed by atoms with van der Waals surface area (Å²) >= 11 is 0. The van der Waals surface area contributed by atoms with Crippen LogP contribution in [0.2, 0.25) is 0 Å². The van der Waals surface area contributed by atoms with Crippen LogP contribution in [0.1, 0.15) is 27.2 Å². The largest absolute Gasteiger partial charge is 0.466 e. The van der Waals surface area contributed by atoms with Crippen molar-refractivity contribution in [3.8, 4) is 0 Å². The molecule has 0 bridgehead atoms. The fourth-order valence-corrected chi connectivity index (χ4v) is 0.955. The lowest BCUT2D eigenvalue weighted by atomic mass is 10.3. The van der Waals surface area contributed by atoms with Crippen LogP contribution in [0.3, 0.4) is 0 Å². The lowest BCUT2D eigenvalue weighted by molar-refractivity contribution is -0.158. The van der Waals surface area contributed by atoms with Gasteiger partial charge in [0.25, 0.3) is 0 Å². The molecule has 0 heterocycles. The van der Waals surface area contributed by atoms with Crippen molar-refractivity contribution in [2.24, 2.45) is 0 Å². The van der Waals surface area contributed by atoms with Crippen LogP contribution in [-0.2, 0) is 28.6 Å². The Labute approximate surface area is 93.8 Å². The van der Waals surface area contributed by atoms with Crippen molar-refractivity contribution in [2.45, 2.75) is 33.3 Å². The zero-order valence-corrected chi connectivity index (χ0v) is 9.65. The zero-order valence-electron chi connectivity index (χ0n) is 9.65. The van der Waals surface area contributed by atoms with Crippen LogP contribution in [0.4, 0.5) is 0 Å². The van der Waals surface area contributed by atoms with E-state index in [1.807, 2.05) is 0 Å². The molecule has 0 spiro atoms. The third-order valence-corrected chi connectivity index (χ3v) is 1.55. The van der Waals surface area contributed by atoms with Crippen molar-refractivity contribution >= 4 is 17.9 Å². The second-order valence-corrected chi connectivity index (χ2v) is 3.16. The number of ether oxygens (including phenoxy) is 3. The molecule has 0 aliphatic rings. The van der Waals surface area contributed by atoms with Gasteiger partial charge in [-0.2, -0.15) is 0 Å². The standard InChI is InChI=1S/C10H16O6/c1-7(11)14-5-4-10(16-9(3)13)6-15-8(2)12/h10H,4-6H2,1-3H3/t10-/m1/s1. The van der Waals surface area contributed by atoms with E-state index >= 15 is 0 Å². The number of esters is 3. The smallest absolute Gasteiger partial charge is 0.303 e. The molecule has 0 fully saturated rings. The van der Waals surface area contributed by atoms with Gasteiger partial charge in [0.15, 0.2) is 0 Å². The maximum atomic E-state index is 10.7. The molecule has 0 radical (unpaired) electrons. The Morgan fingerprint density at radius 2 is 1.50 bits per heavy atom. The average molecular weight is 232 g/mol. The molecule has 6 nitrogen and oxygen atoms in total. The molecule has 0 amide bonds. The van der Waals surface area contributed by atoms with Gasteiger partial charge in [0, 0.05) is 27.2 Å². The Bertz CT molecular complexity index is 260. The fourth-order valence-electron chi connectivity index (χ4n) is 0.955. The zero-order chi connectivity index (χ0) is 12.6. The van der Waals surface area contributed by atoms with E-state index in [0.717, 1.165) is 0 Å². The minimum absolute atomic E-state index is 0.0316. The van der Waals surface area contributed by atoms with Crippen LogP contribution in [-0.4, -0.2) is 37.2 Å². The lowest BCUT2D eigenvalue weighted by Crippen LogP contribution is -2.25. The highest BCUT2D eigenvalue weighted by molar-refractivity contribution is 5.67. The molecule has 0 aromatic rings. The van der Waals surface area contributed by atoms with Crippen molar-refractivity contribution < 1.29 is 28.6 Å². The molecule has 0 rings (SSSR count). The Morgan fingerprint density at radius 3 is 1.94 bits per heavy atom. The summed E-state index contributed by atoms with van der Waals surface area (Å²) in [6.45, 7) is 3.89. The van der Waals surface area contributed by atoms with E-state index in [-0.39, 0.29) is 13.2 Å². The summed E-state index contributed by atoms with van der Waals surface area (Å²) in [5, 5.41) is 0. The van der Waals surface area contributed by atoms with Gasteiger partial charge in [-0.1, -0.05) is 0 Å². The van der Waals surface area contributed by atoms with Gasteiger partial charge >= 0.3 is 17.9 Å². The predicted octanol–water partition coefficient (Wildman–Crippen LogP) is 0.434. The molecule has 92 valence electrons. The van der Waals surface area contributed by atoms with Gasteiger partial charge in [0.2, 0.25) is 0 Å². The quantitative estimate of drug-likeness (QED) is 0.488. The van der Waals surface area contributed by atoms with Gasteiger partial charge in [-0.15, -0.1) is 0 Å². The van der Waals surface area contributed by atoms with Gasteiger partial charge in [0.1, 0.15) is 12.7 Å². The predicted molar refractivity (Wildman–Crippen MR) is 53.4 cm³/mol. The maximum absolute atomic E-state index is 10.7. The highest BCUT2D eigenvalue weighted by Crippen LogP contribution is 2.01. The number of carbonyl (C=O) groups excluding carboxylic acids is 3. The Balaban J connectivity index is 3.94. The van der Waals surface area contributed by atoms with Crippen molar-refractivity contribution in [1.82, 2.24) is 0 Å². The monoisotopic (exact) mass is 232 g/mol. The molecular formula is C10H16O6. The molecule has 1 atom stereocenters. The van der Waals surface area contributed by atoms with Gasteiger partial charge < -0.3 is 14.2 Å². The molecule has 6 heteroatoms. The summed E-state index contributed by atoms with van der Waals surface area (Å²) in [5.74, 6) is -1.33. The van der Waals surface area contributed by atoms with Crippen LogP contribution in [0.5, 0.6) is 0 Å². The van der Waals surface area contributed by atoms with E-state index in [0.29, 0.717) is 6.42 Å². The van der Waals surface area contributed by atoms with Crippen molar-refractivity contribution in [1.29, 1.82) is 0 Å². The second kappa shape index (κ2) is 7.67. The molecule has 0 saturated heterocycles. The molecule has 0 aliphatic heterocycles. The van der Waals surface area contributed by atoms with E-state index in [1.54, 1.807) is 0 Å². The van der Waals surface area contributed by atoms with Gasteiger partial charge in [0.05, 0.1) is 6.61 Å². The van der Waals surface area contributed by atoms with Crippen LogP contribution < -0.4 is 0 Å². The summed E-state index contributed by atoms with van der Waals surface area (Å²) in [5.41, 5.74) is 0. The normalized spacial score (nSPS) is 11.4. The van der Waals surface area contributed by atoms with Crippen LogP contribution in [0.15, 0.2) is 0 Å². The number of hydrogen-bond donors (Lipinski definition) is 0. The second-order valence-electron chi connectivity index (χ2n) is 3.16. The molecule has 0 unspecified atom stereocenters. The van der Waals surface area contributed by atoms with E-state index < -0.39 is 24.0 Å². The Hall–Kier alpha value is -1.59. The highest BCUT2D eigenvalue weighted by Gasteiger charge is 2.14. The minimum Gasteiger partial charge on any atom is -0.466 e. The first-order chi connectivity index (χ1) is 7.41. The van der Waals surface area contributed by atoms with Gasteiger partial charge in [-0.3, -0.25) is 14.4 Å².